The van der Waals surface area contributed by atoms with Crippen molar-refractivity contribution in [3.8, 4) is 0 Å². The van der Waals surface area contributed by atoms with Gasteiger partial charge in [-0.3, -0.25) is 0 Å². The Balaban J connectivity index is 1.90. The van der Waals surface area contributed by atoms with Gasteiger partial charge in [0, 0.05) is 6.04 Å². The van der Waals surface area contributed by atoms with Crippen LogP contribution in [-0.4, -0.2) is 17.3 Å². The van der Waals surface area contributed by atoms with Gasteiger partial charge in [-0.2, -0.15) is 0 Å². The minimum absolute atomic E-state index is 0.0506. The molecule has 0 aromatic rings. The maximum Gasteiger partial charge on any atom is 0.0546 e. The molecule has 74 valence electrons. The number of rotatable bonds is 0. The number of aliphatic hydroxyl groups is 1. The fourth-order valence-electron chi connectivity index (χ4n) is 4.36. The molecule has 3 fully saturated rings. The lowest BCUT2D eigenvalue weighted by atomic mass is 9.69. The molecule has 3 aliphatic rings. The molecule has 3 N–H and O–H groups in total. The van der Waals surface area contributed by atoms with Gasteiger partial charge in [0.1, 0.15) is 0 Å². The summed E-state index contributed by atoms with van der Waals surface area (Å²) in [6.45, 7) is 0. The summed E-state index contributed by atoms with van der Waals surface area (Å²) in [7, 11) is 0. The lowest BCUT2D eigenvalue weighted by molar-refractivity contribution is 0.103. The molecule has 0 amide bonds. The molecule has 2 heteroatoms. The Kier molecular flexibility index (Phi) is 1.58. The average Bonchev–Trinajstić information content (AvgIpc) is 2.73. The first-order valence-electron chi connectivity index (χ1n) is 5.66. The normalized spacial score (nSPS) is 59.5. The average molecular weight is 181 g/mol. The standard InChI is InChI=1S/C11H19NO/c12-10-7-1-2-8(5-7)11(10)4-3-9(13)6-11/h7-10,13H,1-6,12H2/t7-,8+,9?,10-,11?/m0/s1. The van der Waals surface area contributed by atoms with E-state index in [-0.39, 0.29) is 6.10 Å². The summed E-state index contributed by atoms with van der Waals surface area (Å²) in [5, 5.41) is 9.65. The molecule has 0 aromatic heterocycles. The lowest BCUT2D eigenvalue weighted by Gasteiger charge is -2.39. The highest BCUT2D eigenvalue weighted by Crippen LogP contribution is 2.61. The summed E-state index contributed by atoms with van der Waals surface area (Å²) in [6.07, 6.45) is 7.22. The van der Waals surface area contributed by atoms with Crippen molar-refractivity contribution >= 4 is 0 Å². The third kappa shape index (κ3) is 0.909. The predicted molar refractivity (Wildman–Crippen MR) is 51.1 cm³/mol. The third-order valence-corrected chi connectivity index (χ3v) is 5.02. The number of aliphatic hydroxyl groups excluding tert-OH is 1. The Bertz CT molecular complexity index is 226. The van der Waals surface area contributed by atoms with Crippen LogP contribution in [0.4, 0.5) is 0 Å². The molecule has 5 atom stereocenters. The van der Waals surface area contributed by atoms with Gasteiger partial charge in [0.2, 0.25) is 0 Å². The molecule has 0 aliphatic heterocycles. The third-order valence-electron chi connectivity index (χ3n) is 5.02. The highest BCUT2D eigenvalue weighted by molar-refractivity contribution is 5.11. The smallest absolute Gasteiger partial charge is 0.0546 e. The van der Waals surface area contributed by atoms with Gasteiger partial charge in [0.05, 0.1) is 6.10 Å². The van der Waals surface area contributed by atoms with Crippen molar-refractivity contribution in [3.05, 3.63) is 0 Å². The van der Waals surface area contributed by atoms with Crippen molar-refractivity contribution in [1.82, 2.24) is 0 Å². The first-order valence-corrected chi connectivity index (χ1v) is 5.66. The molecular weight excluding hydrogens is 162 g/mol. The quantitative estimate of drug-likeness (QED) is 0.591. The minimum Gasteiger partial charge on any atom is -0.393 e. The topological polar surface area (TPSA) is 46.2 Å². The van der Waals surface area contributed by atoms with Crippen LogP contribution in [0.2, 0.25) is 0 Å². The molecule has 0 aromatic carbocycles. The van der Waals surface area contributed by atoms with E-state index in [1.54, 1.807) is 0 Å². The Morgan fingerprint density at radius 2 is 2.08 bits per heavy atom. The van der Waals surface area contributed by atoms with Gasteiger partial charge >= 0.3 is 0 Å². The first kappa shape index (κ1) is 8.25. The van der Waals surface area contributed by atoms with Gasteiger partial charge in [-0.25, -0.2) is 0 Å². The van der Waals surface area contributed by atoms with E-state index in [9.17, 15) is 5.11 Å². The summed E-state index contributed by atoms with van der Waals surface area (Å²) < 4.78 is 0. The molecule has 0 radical (unpaired) electrons. The fraction of sp³-hybridized carbons (Fsp3) is 1.00. The van der Waals surface area contributed by atoms with Crippen molar-refractivity contribution in [2.75, 3.05) is 0 Å². The number of hydrogen-bond donors (Lipinski definition) is 2. The maximum atomic E-state index is 9.65. The molecule has 2 unspecified atom stereocenters. The van der Waals surface area contributed by atoms with Crippen LogP contribution in [0.5, 0.6) is 0 Å². The van der Waals surface area contributed by atoms with Crippen LogP contribution in [0.25, 0.3) is 0 Å². The molecule has 3 rings (SSSR count). The van der Waals surface area contributed by atoms with Crippen LogP contribution in [0.15, 0.2) is 0 Å². The molecular formula is C11H19NO. The minimum atomic E-state index is -0.0506. The van der Waals surface area contributed by atoms with Crippen LogP contribution >= 0.6 is 0 Å². The Hall–Kier alpha value is -0.0800. The molecule has 13 heavy (non-hydrogen) atoms. The summed E-state index contributed by atoms with van der Waals surface area (Å²) >= 11 is 0. The van der Waals surface area contributed by atoms with E-state index in [4.69, 9.17) is 5.73 Å². The van der Waals surface area contributed by atoms with E-state index >= 15 is 0 Å². The van der Waals surface area contributed by atoms with E-state index < -0.39 is 0 Å². The van der Waals surface area contributed by atoms with Crippen molar-refractivity contribution in [2.24, 2.45) is 23.0 Å². The van der Waals surface area contributed by atoms with Crippen molar-refractivity contribution in [1.29, 1.82) is 0 Å². The summed E-state index contributed by atoms with van der Waals surface area (Å²) in [5.41, 5.74) is 6.67. The SMILES string of the molecule is N[C@H]1[C@H]2CC[C@H](C2)C12CCC(O)C2. The zero-order chi connectivity index (χ0) is 9.05. The van der Waals surface area contributed by atoms with E-state index in [0.29, 0.717) is 11.5 Å². The van der Waals surface area contributed by atoms with Crippen molar-refractivity contribution in [3.63, 3.8) is 0 Å². The fourth-order valence-corrected chi connectivity index (χ4v) is 4.36. The van der Waals surface area contributed by atoms with Gasteiger partial charge in [0.25, 0.3) is 0 Å². The van der Waals surface area contributed by atoms with Crippen LogP contribution in [0.1, 0.15) is 38.5 Å². The summed E-state index contributed by atoms with van der Waals surface area (Å²) in [4.78, 5) is 0. The molecule has 1 spiro atoms. The van der Waals surface area contributed by atoms with Gasteiger partial charge in [-0.1, -0.05) is 0 Å². The number of hydrogen-bond acceptors (Lipinski definition) is 2. The van der Waals surface area contributed by atoms with E-state index in [0.717, 1.165) is 24.7 Å². The highest BCUT2D eigenvalue weighted by atomic mass is 16.3. The molecule has 2 nitrogen and oxygen atoms in total. The van der Waals surface area contributed by atoms with Crippen LogP contribution in [0.3, 0.4) is 0 Å². The maximum absolute atomic E-state index is 9.65. The van der Waals surface area contributed by atoms with Crippen molar-refractivity contribution in [2.45, 2.75) is 50.7 Å². The Morgan fingerprint density at radius 1 is 1.23 bits per heavy atom. The number of fused-ring (bicyclic) bond motifs is 3. The zero-order valence-corrected chi connectivity index (χ0v) is 8.08. The Morgan fingerprint density at radius 3 is 2.62 bits per heavy atom. The predicted octanol–water partition coefficient (Wildman–Crippen LogP) is 1.27. The van der Waals surface area contributed by atoms with Crippen molar-refractivity contribution < 1.29 is 5.11 Å². The first-order chi connectivity index (χ1) is 6.22. The van der Waals surface area contributed by atoms with Gasteiger partial charge in [0.15, 0.2) is 0 Å². The number of nitrogens with two attached hydrogens (primary N) is 1. The second-order valence-electron chi connectivity index (χ2n) is 5.43. The van der Waals surface area contributed by atoms with Crippen LogP contribution in [-0.2, 0) is 0 Å². The molecule has 2 bridgehead atoms. The van der Waals surface area contributed by atoms with E-state index in [1.807, 2.05) is 0 Å². The molecule has 3 saturated carbocycles. The highest BCUT2D eigenvalue weighted by Gasteiger charge is 2.58. The summed E-state index contributed by atoms with van der Waals surface area (Å²) in [5.74, 6) is 1.64. The van der Waals surface area contributed by atoms with Gasteiger partial charge < -0.3 is 10.8 Å². The second-order valence-corrected chi connectivity index (χ2v) is 5.43. The zero-order valence-electron chi connectivity index (χ0n) is 8.08. The van der Waals surface area contributed by atoms with Gasteiger partial charge in [-0.05, 0) is 55.8 Å². The van der Waals surface area contributed by atoms with E-state index in [2.05, 4.69) is 0 Å². The monoisotopic (exact) mass is 181 g/mol. The van der Waals surface area contributed by atoms with E-state index in [1.165, 1.54) is 25.7 Å². The van der Waals surface area contributed by atoms with Crippen LogP contribution < -0.4 is 5.73 Å². The molecule has 3 aliphatic carbocycles. The molecule has 0 saturated heterocycles. The van der Waals surface area contributed by atoms with Gasteiger partial charge in [-0.15, -0.1) is 0 Å². The largest absolute Gasteiger partial charge is 0.393 e. The lowest BCUT2D eigenvalue weighted by Crippen LogP contribution is -2.45. The second kappa shape index (κ2) is 2.48. The Labute approximate surface area is 79.5 Å². The summed E-state index contributed by atoms with van der Waals surface area (Å²) in [6, 6.07) is 0.406. The molecule has 0 heterocycles. The van der Waals surface area contributed by atoms with Crippen LogP contribution in [0, 0.1) is 17.3 Å².